The Hall–Kier alpha value is -2.95. The second-order valence-electron chi connectivity index (χ2n) is 4.84. The maximum atomic E-state index is 12.3. The van der Waals surface area contributed by atoms with Gasteiger partial charge in [0.25, 0.3) is 5.91 Å². The molecule has 1 aromatic carbocycles. The van der Waals surface area contributed by atoms with Crippen molar-refractivity contribution in [2.75, 3.05) is 12.4 Å². The lowest BCUT2D eigenvalue weighted by Crippen LogP contribution is -2.14. The lowest BCUT2D eigenvalue weighted by atomic mass is 10.1. The normalized spacial score (nSPS) is 10.5. The van der Waals surface area contributed by atoms with Crippen LogP contribution < -0.4 is 10.1 Å². The van der Waals surface area contributed by atoms with Crippen molar-refractivity contribution in [3.63, 3.8) is 0 Å². The number of amides is 1. The zero-order chi connectivity index (χ0) is 15.5. The van der Waals surface area contributed by atoms with Crippen LogP contribution in [0.2, 0.25) is 0 Å². The number of anilines is 1. The summed E-state index contributed by atoms with van der Waals surface area (Å²) in [4.78, 5) is 20.9. The highest BCUT2D eigenvalue weighted by atomic mass is 16.5. The average Bonchev–Trinajstić information content (AvgIpc) is 2.55. The van der Waals surface area contributed by atoms with Gasteiger partial charge in [0.05, 0.1) is 12.8 Å². The van der Waals surface area contributed by atoms with Crippen LogP contribution in [0.3, 0.4) is 0 Å². The van der Waals surface area contributed by atoms with Gasteiger partial charge in [-0.05, 0) is 31.2 Å². The van der Waals surface area contributed by atoms with Crippen LogP contribution in [0.1, 0.15) is 16.2 Å². The second-order valence-corrected chi connectivity index (χ2v) is 4.84. The third kappa shape index (κ3) is 2.61. The molecule has 5 heteroatoms. The first-order valence-electron chi connectivity index (χ1n) is 6.86. The molecule has 3 rings (SSSR count). The predicted octanol–water partition coefficient (Wildman–Crippen LogP) is 3.20. The molecule has 3 aromatic rings. The number of benzene rings is 1. The molecule has 22 heavy (non-hydrogen) atoms. The minimum absolute atomic E-state index is 0.254. The van der Waals surface area contributed by atoms with Crippen molar-refractivity contribution >= 4 is 22.5 Å². The highest BCUT2D eigenvalue weighted by molar-refractivity contribution is 6.08. The van der Waals surface area contributed by atoms with Crippen LogP contribution in [0.15, 0.2) is 48.7 Å². The smallest absolute Gasteiger partial charge is 0.274 e. The Kier molecular flexibility index (Phi) is 3.70. The van der Waals surface area contributed by atoms with Crippen LogP contribution in [0, 0.1) is 6.92 Å². The molecule has 0 radical (unpaired) electrons. The number of rotatable bonds is 3. The lowest BCUT2D eigenvalue weighted by Gasteiger charge is -2.11. The summed E-state index contributed by atoms with van der Waals surface area (Å²) in [6.45, 7) is 1.88. The maximum absolute atomic E-state index is 12.3. The number of methoxy groups -OCH3 is 1. The fourth-order valence-corrected chi connectivity index (χ4v) is 2.30. The fraction of sp³-hybridized carbons (Fsp3) is 0.118. The number of aryl methyl sites for hydroxylation is 1. The fourth-order valence-electron chi connectivity index (χ4n) is 2.30. The third-order valence-electron chi connectivity index (χ3n) is 3.30. The van der Waals surface area contributed by atoms with Crippen molar-refractivity contribution in [2.45, 2.75) is 6.92 Å². The van der Waals surface area contributed by atoms with E-state index in [2.05, 4.69) is 15.3 Å². The summed E-state index contributed by atoms with van der Waals surface area (Å²) in [6, 6.07) is 12.7. The van der Waals surface area contributed by atoms with Gasteiger partial charge in [0.1, 0.15) is 17.0 Å². The summed E-state index contributed by atoms with van der Waals surface area (Å²) in [5.41, 5.74) is 2.58. The molecule has 5 nitrogen and oxygen atoms in total. The molecule has 110 valence electrons. The first-order valence-corrected chi connectivity index (χ1v) is 6.86. The van der Waals surface area contributed by atoms with Gasteiger partial charge in [-0.1, -0.05) is 18.2 Å². The molecule has 0 aliphatic rings. The van der Waals surface area contributed by atoms with Gasteiger partial charge in [-0.15, -0.1) is 0 Å². The quantitative estimate of drug-likeness (QED) is 0.805. The number of nitrogens with zero attached hydrogens (tertiary/aromatic N) is 2. The summed E-state index contributed by atoms with van der Waals surface area (Å²) < 4.78 is 5.34. The molecule has 0 saturated carbocycles. The van der Waals surface area contributed by atoms with Crippen LogP contribution in [-0.2, 0) is 0 Å². The highest BCUT2D eigenvalue weighted by Gasteiger charge is 2.12. The van der Waals surface area contributed by atoms with Crippen LogP contribution in [0.5, 0.6) is 5.75 Å². The number of hydrogen-bond donors (Lipinski definition) is 1. The van der Waals surface area contributed by atoms with Crippen molar-refractivity contribution in [2.24, 2.45) is 0 Å². The Morgan fingerprint density at radius 2 is 2.05 bits per heavy atom. The summed E-state index contributed by atoms with van der Waals surface area (Å²) >= 11 is 0. The third-order valence-corrected chi connectivity index (χ3v) is 3.30. The molecule has 0 aliphatic heterocycles. The minimum atomic E-state index is -0.254. The van der Waals surface area contributed by atoms with E-state index in [9.17, 15) is 4.79 Å². The molecule has 1 amide bonds. The Morgan fingerprint density at radius 1 is 1.18 bits per heavy atom. The van der Waals surface area contributed by atoms with Gasteiger partial charge in [-0.2, -0.15) is 0 Å². The molecule has 0 fully saturated rings. The molecule has 0 unspecified atom stereocenters. The van der Waals surface area contributed by atoms with Gasteiger partial charge >= 0.3 is 0 Å². The number of para-hydroxylation sites is 1. The summed E-state index contributed by atoms with van der Waals surface area (Å²) in [5, 5.41) is 3.72. The Labute approximate surface area is 128 Å². The number of pyridine rings is 2. The predicted molar refractivity (Wildman–Crippen MR) is 85.2 cm³/mol. The Bertz CT molecular complexity index is 832. The Morgan fingerprint density at radius 3 is 2.77 bits per heavy atom. The van der Waals surface area contributed by atoms with Crippen molar-refractivity contribution in [3.8, 4) is 5.75 Å². The van der Waals surface area contributed by atoms with Gasteiger partial charge in [-0.25, -0.2) is 4.98 Å². The average molecular weight is 293 g/mol. The van der Waals surface area contributed by atoms with Crippen LogP contribution in [0.4, 0.5) is 5.69 Å². The number of hydrogen-bond acceptors (Lipinski definition) is 4. The van der Waals surface area contributed by atoms with E-state index in [4.69, 9.17) is 4.74 Å². The van der Waals surface area contributed by atoms with E-state index in [0.29, 0.717) is 17.1 Å². The standard InChI is InChI=1S/C17H15N3O2/c1-11-10-14(20-17(21)13-7-3-4-9-18-13)12-6-5-8-15(22-2)16(12)19-11/h3-10H,1-2H3,(H,19,20,21). The van der Waals surface area contributed by atoms with Crippen molar-refractivity contribution in [1.29, 1.82) is 0 Å². The number of carbonyl (C=O) groups is 1. The number of carbonyl (C=O) groups excluding carboxylic acids is 1. The van der Waals surface area contributed by atoms with Crippen LogP contribution in [-0.4, -0.2) is 23.0 Å². The van der Waals surface area contributed by atoms with E-state index < -0.39 is 0 Å². The van der Waals surface area contributed by atoms with E-state index in [1.165, 1.54) is 0 Å². The molecule has 2 heterocycles. The van der Waals surface area contributed by atoms with Gasteiger partial charge in [-0.3, -0.25) is 9.78 Å². The van der Waals surface area contributed by atoms with Crippen molar-refractivity contribution in [1.82, 2.24) is 9.97 Å². The first-order chi connectivity index (χ1) is 10.7. The van der Waals surface area contributed by atoms with E-state index >= 15 is 0 Å². The van der Waals surface area contributed by atoms with Crippen molar-refractivity contribution in [3.05, 3.63) is 60.0 Å². The van der Waals surface area contributed by atoms with Gasteiger partial charge < -0.3 is 10.1 Å². The largest absolute Gasteiger partial charge is 0.494 e. The number of ether oxygens (including phenoxy) is 1. The number of nitrogens with one attached hydrogen (secondary N) is 1. The van der Waals surface area contributed by atoms with Crippen LogP contribution >= 0.6 is 0 Å². The Balaban J connectivity index is 2.06. The van der Waals surface area contributed by atoms with Crippen molar-refractivity contribution < 1.29 is 9.53 Å². The van der Waals surface area contributed by atoms with E-state index in [1.807, 2.05) is 31.2 Å². The number of aromatic nitrogens is 2. The monoisotopic (exact) mass is 293 g/mol. The van der Waals surface area contributed by atoms with E-state index in [1.54, 1.807) is 31.5 Å². The molecular formula is C17H15N3O2. The molecule has 0 spiro atoms. The SMILES string of the molecule is COc1cccc2c(NC(=O)c3ccccn3)cc(C)nc12. The van der Waals surface area contributed by atoms with E-state index in [-0.39, 0.29) is 5.91 Å². The first kappa shape index (κ1) is 14.0. The van der Waals surface area contributed by atoms with Gasteiger partial charge in [0.15, 0.2) is 0 Å². The topological polar surface area (TPSA) is 64.1 Å². The minimum Gasteiger partial charge on any atom is -0.494 e. The summed E-state index contributed by atoms with van der Waals surface area (Å²) in [5.74, 6) is 0.421. The molecule has 0 saturated heterocycles. The molecule has 0 aliphatic carbocycles. The molecule has 2 aromatic heterocycles. The maximum Gasteiger partial charge on any atom is 0.274 e. The van der Waals surface area contributed by atoms with Crippen LogP contribution in [0.25, 0.3) is 10.9 Å². The molecular weight excluding hydrogens is 278 g/mol. The summed E-state index contributed by atoms with van der Waals surface area (Å²) in [6.07, 6.45) is 1.59. The lowest BCUT2D eigenvalue weighted by molar-refractivity contribution is 0.102. The molecule has 0 atom stereocenters. The zero-order valence-corrected chi connectivity index (χ0v) is 12.3. The highest BCUT2D eigenvalue weighted by Crippen LogP contribution is 2.30. The molecule has 0 bridgehead atoms. The second kappa shape index (κ2) is 5.81. The number of fused-ring (bicyclic) bond motifs is 1. The van der Waals surface area contributed by atoms with E-state index in [0.717, 1.165) is 16.6 Å². The van der Waals surface area contributed by atoms with Gasteiger partial charge in [0.2, 0.25) is 0 Å². The molecule has 1 N–H and O–H groups in total. The van der Waals surface area contributed by atoms with Gasteiger partial charge in [0, 0.05) is 17.3 Å². The zero-order valence-electron chi connectivity index (χ0n) is 12.3. The summed E-state index contributed by atoms with van der Waals surface area (Å²) in [7, 11) is 1.60.